The molecule has 2 N–H and O–H groups in total. The minimum Gasteiger partial charge on any atom is -0.490 e. The molecule has 5 heteroatoms. The zero-order valence-electron chi connectivity index (χ0n) is 17.5. The van der Waals surface area contributed by atoms with Gasteiger partial charge >= 0.3 is 0 Å². The molecule has 0 spiro atoms. The number of hydrogen-bond donors (Lipinski definition) is 2. The second kappa shape index (κ2) is 8.68. The Morgan fingerprint density at radius 1 is 1.00 bits per heavy atom. The van der Waals surface area contributed by atoms with Crippen LogP contribution in [0.25, 0.3) is 0 Å². The number of amides is 1. The number of nitrogens with one attached hydrogen (secondary N) is 2. The molecule has 3 aliphatic rings. The van der Waals surface area contributed by atoms with Gasteiger partial charge in [0, 0.05) is 24.8 Å². The Morgan fingerprint density at radius 3 is 2.80 bits per heavy atom. The monoisotopic (exact) mass is 407 g/mol. The molecule has 1 fully saturated rings. The van der Waals surface area contributed by atoms with E-state index in [-0.39, 0.29) is 11.9 Å². The van der Waals surface area contributed by atoms with Crippen molar-refractivity contribution in [2.75, 3.05) is 26.3 Å². The summed E-state index contributed by atoms with van der Waals surface area (Å²) in [6.45, 7) is 2.96. The Balaban J connectivity index is 1.26. The molecule has 158 valence electrons. The van der Waals surface area contributed by atoms with Gasteiger partial charge in [-0.15, -0.1) is 0 Å². The van der Waals surface area contributed by atoms with Crippen LogP contribution in [0.15, 0.2) is 42.5 Å². The van der Waals surface area contributed by atoms with Crippen LogP contribution in [-0.4, -0.2) is 32.2 Å². The summed E-state index contributed by atoms with van der Waals surface area (Å²) < 4.78 is 11.7. The highest BCUT2D eigenvalue weighted by Crippen LogP contribution is 2.33. The van der Waals surface area contributed by atoms with Crippen molar-refractivity contribution in [3.63, 3.8) is 0 Å². The molecule has 1 amide bonds. The number of rotatable bonds is 4. The van der Waals surface area contributed by atoms with Crippen LogP contribution in [0.2, 0.25) is 0 Å². The summed E-state index contributed by atoms with van der Waals surface area (Å²) in [7, 11) is 0. The van der Waals surface area contributed by atoms with Crippen LogP contribution < -0.4 is 19.7 Å². The Labute approximate surface area is 178 Å². The maximum atomic E-state index is 13.0. The number of hydrogen-bond acceptors (Lipinski definition) is 3. The predicted octanol–water partition coefficient (Wildman–Crippen LogP) is 2.76. The average molecular weight is 408 g/mol. The van der Waals surface area contributed by atoms with E-state index in [4.69, 9.17) is 9.47 Å². The molecule has 2 heterocycles. The summed E-state index contributed by atoms with van der Waals surface area (Å²) in [6.07, 6.45) is 6.45. The fourth-order valence-electron chi connectivity index (χ4n) is 5.28. The van der Waals surface area contributed by atoms with Gasteiger partial charge < -0.3 is 19.7 Å². The van der Waals surface area contributed by atoms with Gasteiger partial charge in [-0.2, -0.15) is 0 Å². The molecule has 0 saturated carbocycles. The zero-order valence-corrected chi connectivity index (χ0v) is 17.5. The summed E-state index contributed by atoms with van der Waals surface area (Å²) in [5.41, 5.74) is 3.93. The molecule has 1 unspecified atom stereocenters. The van der Waals surface area contributed by atoms with Gasteiger partial charge in [0.2, 0.25) is 0 Å². The van der Waals surface area contributed by atoms with Gasteiger partial charge in [-0.05, 0) is 48.6 Å². The van der Waals surface area contributed by atoms with Crippen LogP contribution in [0.5, 0.6) is 11.5 Å². The van der Waals surface area contributed by atoms with E-state index < -0.39 is 0 Å². The summed E-state index contributed by atoms with van der Waals surface area (Å²) in [5.74, 6) is 1.84. The molecule has 2 aliphatic heterocycles. The standard InChI is InChI=1S/C25H30N2O3/c28-25(26-21-9-3-7-18-6-1-2-8-20(18)21)17-27-13-4-10-22(27)19-11-12-23-24(16-19)30-15-5-14-29-23/h1-2,6,8,11-12,16,21-22H,3-5,7,9-10,13-15,17H2,(H,26,28)/p+1/t21-,22+/m0/s1. The molecule has 1 aliphatic carbocycles. The van der Waals surface area contributed by atoms with Crippen LogP contribution in [0.1, 0.15) is 60.9 Å². The summed E-state index contributed by atoms with van der Waals surface area (Å²) in [6, 6.07) is 15.3. The Kier molecular flexibility index (Phi) is 5.63. The van der Waals surface area contributed by atoms with E-state index in [2.05, 4.69) is 41.7 Å². The van der Waals surface area contributed by atoms with Crippen molar-refractivity contribution >= 4 is 5.91 Å². The first-order valence-electron chi connectivity index (χ1n) is 11.4. The smallest absolute Gasteiger partial charge is 0.275 e. The lowest BCUT2D eigenvalue weighted by Gasteiger charge is -2.27. The molecule has 0 bridgehead atoms. The van der Waals surface area contributed by atoms with Crippen molar-refractivity contribution < 1.29 is 19.2 Å². The van der Waals surface area contributed by atoms with Crippen molar-refractivity contribution in [1.29, 1.82) is 0 Å². The van der Waals surface area contributed by atoms with Crippen molar-refractivity contribution in [2.24, 2.45) is 0 Å². The van der Waals surface area contributed by atoms with Crippen LogP contribution in [-0.2, 0) is 11.2 Å². The molecule has 5 rings (SSSR count). The summed E-state index contributed by atoms with van der Waals surface area (Å²) in [4.78, 5) is 14.3. The number of ether oxygens (including phenoxy) is 2. The number of quaternary nitrogens is 1. The van der Waals surface area contributed by atoms with E-state index in [1.165, 1.54) is 21.6 Å². The van der Waals surface area contributed by atoms with E-state index in [0.717, 1.165) is 56.6 Å². The van der Waals surface area contributed by atoms with Gasteiger partial charge in [-0.1, -0.05) is 24.3 Å². The van der Waals surface area contributed by atoms with Crippen LogP contribution in [0, 0.1) is 0 Å². The van der Waals surface area contributed by atoms with Crippen LogP contribution >= 0.6 is 0 Å². The highest BCUT2D eigenvalue weighted by atomic mass is 16.5. The van der Waals surface area contributed by atoms with Crippen molar-refractivity contribution in [3.8, 4) is 11.5 Å². The lowest BCUT2D eigenvalue weighted by atomic mass is 9.88. The lowest BCUT2D eigenvalue weighted by Crippen LogP contribution is -3.11. The van der Waals surface area contributed by atoms with Gasteiger partial charge in [0.1, 0.15) is 6.04 Å². The van der Waals surface area contributed by atoms with E-state index in [9.17, 15) is 4.79 Å². The maximum Gasteiger partial charge on any atom is 0.275 e. The van der Waals surface area contributed by atoms with Crippen molar-refractivity contribution in [3.05, 3.63) is 59.2 Å². The number of carbonyl (C=O) groups excluding carboxylic acids is 1. The maximum absolute atomic E-state index is 13.0. The molecular formula is C25H31N2O3+. The highest BCUT2D eigenvalue weighted by molar-refractivity contribution is 5.77. The first kappa shape index (κ1) is 19.4. The van der Waals surface area contributed by atoms with E-state index in [1.54, 1.807) is 0 Å². The molecule has 30 heavy (non-hydrogen) atoms. The highest BCUT2D eigenvalue weighted by Gasteiger charge is 2.33. The number of aryl methyl sites for hydroxylation is 1. The van der Waals surface area contributed by atoms with Crippen molar-refractivity contribution in [1.82, 2.24) is 5.32 Å². The van der Waals surface area contributed by atoms with E-state index in [1.807, 2.05) is 6.07 Å². The molecule has 2 aromatic rings. The largest absolute Gasteiger partial charge is 0.490 e. The number of benzene rings is 2. The molecular weight excluding hydrogens is 376 g/mol. The third kappa shape index (κ3) is 4.04. The van der Waals surface area contributed by atoms with Gasteiger partial charge in [0.15, 0.2) is 18.0 Å². The molecule has 5 nitrogen and oxygen atoms in total. The van der Waals surface area contributed by atoms with Gasteiger partial charge in [0.05, 0.1) is 25.8 Å². The van der Waals surface area contributed by atoms with Crippen LogP contribution in [0.4, 0.5) is 0 Å². The molecule has 3 atom stereocenters. The fourth-order valence-corrected chi connectivity index (χ4v) is 5.28. The van der Waals surface area contributed by atoms with E-state index >= 15 is 0 Å². The Hall–Kier alpha value is -2.53. The number of carbonyl (C=O) groups is 1. The minimum absolute atomic E-state index is 0.154. The topological polar surface area (TPSA) is 52.0 Å². The minimum atomic E-state index is 0.154. The predicted molar refractivity (Wildman–Crippen MR) is 115 cm³/mol. The average Bonchev–Trinajstić information content (AvgIpc) is 3.09. The first-order valence-corrected chi connectivity index (χ1v) is 11.4. The van der Waals surface area contributed by atoms with Gasteiger partial charge in [0.25, 0.3) is 5.91 Å². The third-order valence-electron chi connectivity index (χ3n) is 6.75. The Bertz CT molecular complexity index is 913. The first-order chi connectivity index (χ1) is 14.8. The molecule has 1 saturated heterocycles. The quantitative estimate of drug-likeness (QED) is 0.820. The van der Waals surface area contributed by atoms with Crippen LogP contribution in [0.3, 0.4) is 0 Å². The third-order valence-corrected chi connectivity index (χ3v) is 6.75. The van der Waals surface area contributed by atoms with Gasteiger partial charge in [-0.3, -0.25) is 4.79 Å². The summed E-state index contributed by atoms with van der Waals surface area (Å²) in [5, 5.41) is 3.33. The SMILES string of the molecule is O=C(C[NH+]1CCC[C@@H]1c1ccc2c(c1)OCCCO2)N[C@H]1CCCc2ccccc21. The van der Waals surface area contributed by atoms with Gasteiger partial charge in [-0.25, -0.2) is 0 Å². The fraction of sp³-hybridized carbons (Fsp3) is 0.480. The number of fused-ring (bicyclic) bond motifs is 2. The second-order valence-corrected chi connectivity index (χ2v) is 8.75. The Morgan fingerprint density at radius 2 is 1.87 bits per heavy atom. The van der Waals surface area contributed by atoms with E-state index in [0.29, 0.717) is 25.8 Å². The molecule has 0 aromatic heterocycles. The lowest BCUT2D eigenvalue weighted by molar-refractivity contribution is -0.910. The number of likely N-dealkylation sites (tertiary alicyclic amines) is 1. The van der Waals surface area contributed by atoms with Crippen molar-refractivity contribution in [2.45, 2.75) is 50.6 Å². The molecule has 2 aromatic carbocycles. The normalized spacial score (nSPS) is 25.3. The molecule has 0 radical (unpaired) electrons. The zero-order chi connectivity index (χ0) is 20.3. The summed E-state index contributed by atoms with van der Waals surface area (Å²) >= 11 is 0. The second-order valence-electron chi connectivity index (χ2n) is 8.75.